The molecule has 0 bridgehead atoms. The van der Waals surface area contributed by atoms with E-state index in [1.54, 1.807) is 24.3 Å². The fourth-order valence-corrected chi connectivity index (χ4v) is 1.88. The van der Waals surface area contributed by atoms with E-state index in [1.807, 2.05) is 13.2 Å². The van der Waals surface area contributed by atoms with E-state index in [-0.39, 0.29) is 11.8 Å². The highest BCUT2D eigenvalue weighted by Crippen LogP contribution is 2.16. The van der Waals surface area contributed by atoms with Crippen molar-refractivity contribution in [3.63, 3.8) is 0 Å². The normalized spacial score (nSPS) is 11.9. The van der Waals surface area contributed by atoms with Gasteiger partial charge in [0.05, 0.1) is 0 Å². The fraction of sp³-hybridized carbons (Fsp3) is 0.467. The molecule has 1 aromatic carbocycles. The van der Waals surface area contributed by atoms with Crippen molar-refractivity contribution in [1.29, 1.82) is 0 Å². The summed E-state index contributed by atoms with van der Waals surface area (Å²) in [5.41, 5.74) is 1.12. The third-order valence-electron chi connectivity index (χ3n) is 3.02. The minimum Gasteiger partial charge on any atom is -0.326 e. The van der Waals surface area contributed by atoms with Gasteiger partial charge in [-0.25, -0.2) is 0 Å². The number of nitrogens with one attached hydrogen (secondary N) is 1. The molecule has 1 aromatic rings. The zero-order valence-corrected chi connectivity index (χ0v) is 11.0. The lowest BCUT2D eigenvalue weighted by molar-refractivity contribution is -0.120. The highest BCUT2D eigenvalue weighted by atomic mass is 16.1. The number of hydrogen-bond acceptors (Lipinski definition) is 2. The third-order valence-corrected chi connectivity index (χ3v) is 3.02. The minimum absolute atomic E-state index is 0.0361. The molecule has 0 saturated heterocycles. The molecule has 0 saturated carbocycles. The van der Waals surface area contributed by atoms with Crippen LogP contribution in [0.5, 0.6) is 0 Å². The maximum absolute atomic E-state index is 12.0. The van der Waals surface area contributed by atoms with Gasteiger partial charge < -0.3 is 5.32 Å². The number of hydrogen-bond donors (Lipinski definition) is 1. The number of unbranched alkanes of at least 4 members (excludes halogenated alkanes) is 1. The predicted octanol–water partition coefficient (Wildman–Crippen LogP) is 3.30. The Kier molecular flexibility index (Phi) is 6.12. The molecule has 1 amide bonds. The summed E-state index contributed by atoms with van der Waals surface area (Å²) in [6, 6.07) is 6.82. The van der Waals surface area contributed by atoms with Crippen molar-refractivity contribution in [3.8, 4) is 0 Å². The van der Waals surface area contributed by atoms with Gasteiger partial charge in [0.1, 0.15) is 0 Å². The quantitative estimate of drug-likeness (QED) is 0.802. The lowest BCUT2D eigenvalue weighted by Gasteiger charge is -2.14. The molecule has 0 fully saturated rings. The molecule has 97 valence electrons. The van der Waals surface area contributed by atoms with Gasteiger partial charge in [0, 0.05) is 17.2 Å². The summed E-state index contributed by atoms with van der Waals surface area (Å²) in [5.74, 6) is 0.0859. The molecule has 0 aliphatic heterocycles. The van der Waals surface area contributed by atoms with Crippen molar-refractivity contribution in [2.75, 3.05) is 5.32 Å². The van der Waals surface area contributed by atoms with Crippen molar-refractivity contribution in [2.24, 2.45) is 5.92 Å². The maximum atomic E-state index is 12.0. The van der Waals surface area contributed by atoms with E-state index >= 15 is 0 Å². The Balaban J connectivity index is 2.63. The summed E-state index contributed by atoms with van der Waals surface area (Å²) in [4.78, 5) is 22.6. The second kappa shape index (κ2) is 7.64. The average Bonchev–Trinajstić information content (AvgIpc) is 2.40. The predicted molar refractivity (Wildman–Crippen MR) is 73.2 cm³/mol. The van der Waals surface area contributed by atoms with Crippen LogP contribution in [0.2, 0.25) is 0 Å². The minimum atomic E-state index is 0.0361. The Morgan fingerprint density at radius 3 is 2.78 bits per heavy atom. The summed E-state index contributed by atoms with van der Waals surface area (Å²) in [5, 5.41) is 2.86. The first-order valence-corrected chi connectivity index (χ1v) is 6.50. The molecule has 1 N–H and O–H groups in total. The van der Waals surface area contributed by atoms with Crippen LogP contribution < -0.4 is 5.32 Å². The molecule has 0 heterocycles. The average molecular weight is 246 g/mol. The third kappa shape index (κ3) is 4.32. The van der Waals surface area contributed by atoms with E-state index in [4.69, 9.17) is 0 Å². The van der Waals surface area contributed by atoms with Crippen molar-refractivity contribution >= 4 is 17.9 Å². The van der Waals surface area contributed by atoms with E-state index in [0.29, 0.717) is 11.3 Å². The molecule has 1 rings (SSSR count). The molecule has 18 heavy (non-hydrogen) atoms. The second-order valence-electron chi connectivity index (χ2n) is 4.42. The first-order valence-electron chi connectivity index (χ1n) is 6.50. The smallest absolute Gasteiger partial charge is 0.233 e. The van der Waals surface area contributed by atoms with E-state index in [0.717, 1.165) is 25.7 Å². The molecule has 0 aliphatic carbocycles. The van der Waals surface area contributed by atoms with E-state index in [1.165, 1.54) is 0 Å². The molecular formula is C15H20NO2. The van der Waals surface area contributed by atoms with Gasteiger partial charge in [0.15, 0.2) is 0 Å². The van der Waals surface area contributed by atoms with Gasteiger partial charge in [0.2, 0.25) is 12.2 Å². The molecule has 1 atom stereocenters. The first-order chi connectivity index (χ1) is 8.71. The summed E-state index contributed by atoms with van der Waals surface area (Å²) in [6.45, 7) is 4.14. The monoisotopic (exact) mass is 246 g/mol. The summed E-state index contributed by atoms with van der Waals surface area (Å²) >= 11 is 0. The highest BCUT2D eigenvalue weighted by Gasteiger charge is 2.15. The van der Waals surface area contributed by atoms with E-state index in [9.17, 15) is 9.59 Å². The van der Waals surface area contributed by atoms with Crippen LogP contribution in [0.1, 0.15) is 45.1 Å². The zero-order valence-electron chi connectivity index (χ0n) is 11.0. The van der Waals surface area contributed by atoms with Crippen LogP contribution in [0.25, 0.3) is 0 Å². The lowest BCUT2D eigenvalue weighted by Crippen LogP contribution is -2.22. The van der Waals surface area contributed by atoms with Gasteiger partial charge in [-0.05, 0) is 25.0 Å². The Bertz CT molecular complexity index is 401. The largest absolute Gasteiger partial charge is 0.326 e. The van der Waals surface area contributed by atoms with Gasteiger partial charge >= 0.3 is 0 Å². The molecule has 1 radical (unpaired) electrons. The van der Waals surface area contributed by atoms with Crippen molar-refractivity contribution < 1.29 is 9.59 Å². The molecule has 1 unspecified atom stereocenters. The number of benzene rings is 1. The van der Waals surface area contributed by atoms with Crippen LogP contribution in [0.4, 0.5) is 5.69 Å². The lowest BCUT2D eigenvalue weighted by atomic mass is 9.98. The van der Waals surface area contributed by atoms with Crippen LogP contribution >= 0.6 is 0 Å². The number of anilines is 1. The summed E-state index contributed by atoms with van der Waals surface area (Å²) < 4.78 is 0. The molecule has 0 spiro atoms. The zero-order chi connectivity index (χ0) is 13.4. The van der Waals surface area contributed by atoms with Crippen LogP contribution in [-0.4, -0.2) is 12.2 Å². The number of rotatable bonds is 7. The Morgan fingerprint density at radius 2 is 2.17 bits per heavy atom. The van der Waals surface area contributed by atoms with Crippen LogP contribution in [-0.2, 0) is 9.59 Å². The number of carbonyl (C=O) groups is 1. The standard InChI is InChI=1S/C15H20NO2/c1-3-5-8-13(4-2)15(18)16-14-9-6-7-12(10-14)11-17/h6-7,9-10,13H,3-5,8H2,1-2H3,(H,16,18). The van der Waals surface area contributed by atoms with Crippen molar-refractivity contribution in [3.05, 3.63) is 29.8 Å². The fourth-order valence-electron chi connectivity index (χ4n) is 1.88. The second-order valence-corrected chi connectivity index (χ2v) is 4.42. The Morgan fingerprint density at radius 1 is 1.39 bits per heavy atom. The molecular weight excluding hydrogens is 226 g/mol. The SMILES string of the molecule is CCCCC(CC)C(=O)Nc1cccc([C]=O)c1. The number of carbonyl (C=O) groups excluding carboxylic acids is 2. The molecule has 3 heteroatoms. The van der Waals surface area contributed by atoms with E-state index < -0.39 is 0 Å². The van der Waals surface area contributed by atoms with Crippen LogP contribution in [0.3, 0.4) is 0 Å². The Labute approximate surface area is 109 Å². The highest BCUT2D eigenvalue weighted by molar-refractivity contribution is 5.93. The van der Waals surface area contributed by atoms with Gasteiger partial charge in [0.25, 0.3) is 0 Å². The summed E-state index contributed by atoms with van der Waals surface area (Å²) in [7, 11) is 0. The maximum Gasteiger partial charge on any atom is 0.233 e. The van der Waals surface area contributed by atoms with Gasteiger partial charge in [-0.3, -0.25) is 9.59 Å². The van der Waals surface area contributed by atoms with Crippen molar-refractivity contribution in [1.82, 2.24) is 0 Å². The van der Waals surface area contributed by atoms with Gasteiger partial charge in [-0.2, -0.15) is 0 Å². The van der Waals surface area contributed by atoms with Crippen molar-refractivity contribution in [2.45, 2.75) is 39.5 Å². The Hall–Kier alpha value is -1.64. The molecule has 3 nitrogen and oxygen atoms in total. The van der Waals surface area contributed by atoms with Gasteiger partial charge in [-0.1, -0.05) is 38.8 Å². The van der Waals surface area contributed by atoms with Gasteiger partial charge in [-0.15, -0.1) is 0 Å². The molecule has 0 aliphatic rings. The topological polar surface area (TPSA) is 46.2 Å². The van der Waals surface area contributed by atoms with E-state index in [2.05, 4.69) is 12.2 Å². The first kappa shape index (κ1) is 14.4. The van der Waals surface area contributed by atoms with Crippen LogP contribution in [0.15, 0.2) is 24.3 Å². The summed E-state index contributed by atoms with van der Waals surface area (Å²) in [6.07, 6.45) is 5.73. The molecule has 0 aromatic heterocycles. The van der Waals surface area contributed by atoms with Crippen LogP contribution in [0, 0.1) is 5.92 Å². The number of amides is 1.